The van der Waals surface area contributed by atoms with E-state index in [0.717, 1.165) is 25.8 Å². The highest BCUT2D eigenvalue weighted by Gasteiger charge is 2.29. The van der Waals surface area contributed by atoms with Gasteiger partial charge >= 0.3 is 0 Å². The zero-order chi connectivity index (χ0) is 11.3. The van der Waals surface area contributed by atoms with E-state index in [-0.39, 0.29) is 18.6 Å². The summed E-state index contributed by atoms with van der Waals surface area (Å²) in [4.78, 5) is 13.8. The van der Waals surface area contributed by atoms with Crippen LogP contribution in [0.5, 0.6) is 0 Å². The van der Waals surface area contributed by atoms with E-state index in [2.05, 4.69) is 10.2 Å². The first kappa shape index (κ1) is 12.5. The number of carbonyl (C=O) groups is 1. The van der Waals surface area contributed by atoms with Crippen molar-refractivity contribution in [1.29, 1.82) is 0 Å². The molecule has 0 aromatic rings. The quantitative estimate of drug-likeness (QED) is 0.710. The first-order chi connectivity index (χ1) is 7.20. The van der Waals surface area contributed by atoms with E-state index in [4.69, 9.17) is 5.11 Å². The molecule has 0 aromatic carbocycles. The van der Waals surface area contributed by atoms with Gasteiger partial charge in [-0.3, -0.25) is 9.69 Å². The van der Waals surface area contributed by atoms with Crippen LogP contribution in [0.3, 0.4) is 0 Å². The summed E-state index contributed by atoms with van der Waals surface area (Å²) in [7, 11) is 1.67. The van der Waals surface area contributed by atoms with Crippen LogP contribution in [0.2, 0.25) is 0 Å². The number of hydrogen-bond acceptors (Lipinski definition) is 3. The Morgan fingerprint density at radius 1 is 1.60 bits per heavy atom. The lowest BCUT2D eigenvalue weighted by molar-refractivity contribution is -0.127. The molecule has 1 amide bonds. The van der Waals surface area contributed by atoms with E-state index in [0.29, 0.717) is 6.04 Å². The van der Waals surface area contributed by atoms with Crippen LogP contribution in [0, 0.1) is 0 Å². The van der Waals surface area contributed by atoms with Crippen LogP contribution >= 0.6 is 0 Å². The zero-order valence-electron chi connectivity index (χ0n) is 9.70. The van der Waals surface area contributed by atoms with Crippen LogP contribution in [0.1, 0.15) is 32.6 Å². The molecule has 88 valence electrons. The molecule has 0 aliphatic carbocycles. The summed E-state index contributed by atoms with van der Waals surface area (Å²) < 4.78 is 0. The third kappa shape index (κ3) is 3.18. The molecule has 4 nitrogen and oxygen atoms in total. The maximum atomic E-state index is 11.5. The van der Waals surface area contributed by atoms with Gasteiger partial charge in [0.15, 0.2) is 0 Å². The van der Waals surface area contributed by atoms with Crippen molar-refractivity contribution < 1.29 is 9.90 Å². The van der Waals surface area contributed by atoms with Crippen LogP contribution in [0.25, 0.3) is 0 Å². The summed E-state index contributed by atoms with van der Waals surface area (Å²) >= 11 is 0. The zero-order valence-corrected chi connectivity index (χ0v) is 9.70. The summed E-state index contributed by atoms with van der Waals surface area (Å²) in [5, 5.41) is 11.7. The average molecular weight is 214 g/mol. The molecule has 1 fully saturated rings. The summed E-state index contributed by atoms with van der Waals surface area (Å²) in [5.74, 6) is 0.0693. The summed E-state index contributed by atoms with van der Waals surface area (Å²) in [6, 6.07) is 0.294. The standard InChI is InChI=1S/C11H22N2O2/c1-9(11(15)12-2)13-7-4-3-5-10(13)6-8-14/h9-10,14H,3-8H2,1-2H3,(H,12,15). The van der Waals surface area contributed by atoms with Crippen LogP contribution in [0.15, 0.2) is 0 Å². The van der Waals surface area contributed by atoms with Gasteiger partial charge in [-0.05, 0) is 32.7 Å². The summed E-state index contributed by atoms with van der Waals surface area (Å²) in [6.07, 6.45) is 4.24. The lowest BCUT2D eigenvalue weighted by Crippen LogP contribution is -2.51. The van der Waals surface area contributed by atoms with Gasteiger partial charge in [0.1, 0.15) is 0 Å². The molecule has 1 aliphatic heterocycles. The number of nitrogens with zero attached hydrogens (tertiary/aromatic N) is 1. The molecule has 0 spiro atoms. The normalized spacial score (nSPS) is 24.9. The number of amides is 1. The Labute approximate surface area is 91.6 Å². The molecule has 2 atom stereocenters. The van der Waals surface area contributed by atoms with Crippen molar-refractivity contribution in [1.82, 2.24) is 10.2 Å². The van der Waals surface area contributed by atoms with Crippen LogP contribution in [-0.2, 0) is 4.79 Å². The van der Waals surface area contributed by atoms with Gasteiger partial charge in [-0.25, -0.2) is 0 Å². The Morgan fingerprint density at radius 3 is 2.93 bits per heavy atom. The van der Waals surface area contributed by atoms with Crippen molar-refractivity contribution in [2.24, 2.45) is 0 Å². The lowest BCUT2D eigenvalue weighted by atomic mass is 9.97. The number of aliphatic hydroxyl groups excluding tert-OH is 1. The monoisotopic (exact) mass is 214 g/mol. The highest BCUT2D eigenvalue weighted by molar-refractivity contribution is 5.81. The molecule has 15 heavy (non-hydrogen) atoms. The maximum absolute atomic E-state index is 11.5. The predicted molar refractivity (Wildman–Crippen MR) is 59.6 cm³/mol. The van der Waals surface area contributed by atoms with Gasteiger partial charge in [0, 0.05) is 19.7 Å². The fourth-order valence-electron chi connectivity index (χ4n) is 2.35. The third-order valence-corrected chi connectivity index (χ3v) is 3.26. The van der Waals surface area contributed by atoms with E-state index in [9.17, 15) is 4.79 Å². The van der Waals surface area contributed by atoms with Crippen molar-refractivity contribution in [3.8, 4) is 0 Å². The minimum atomic E-state index is -0.0770. The highest BCUT2D eigenvalue weighted by atomic mass is 16.3. The molecule has 1 heterocycles. The predicted octanol–water partition coefficient (Wildman–Crippen LogP) is 0.358. The Morgan fingerprint density at radius 2 is 2.33 bits per heavy atom. The summed E-state index contributed by atoms with van der Waals surface area (Å²) in [6.45, 7) is 3.12. The van der Waals surface area contributed by atoms with Gasteiger partial charge in [0.05, 0.1) is 6.04 Å². The smallest absolute Gasteiger partial charge is 0.236 e. The molecular weight excluding hydrogens is 192 g/mol. The second-order valence-electron chi connectivity index (χ2n) is 4.19. The summed E-state index contributed by atoms with van der Waals surface area (Å²) in [5.41, 5.74) is 0. The van der Waals surface area contributed by atoms with Crippen molar-refractivity contribution in [2.75, 3.05) is 20.2 Å². The number of nitrogens with one attached hydrogen (secondary N) is 1. The van der Waals surface area contributed by atoms with E-state index < -0.39 is 0 Å². The molecule has 2 unspecified atom stereocenters. The Hall–Kier alpha value is -0.610. The van der Waals surface area contributed by atoms with Crippen molar-refractivity contribution >= 4 is 5.91 Å². The molecule has 4 heteroatoms. The first-order valence-corrected chi connectivity index (χ1v) is 5.79. The van der Waals surface area contributed by atoms with Crippen molar-refractivity contribution in [3.63, 3.8) is 0 Å². The fourth-order valence-corrected chi connectivity index (χ4v) is 2.35. The molecule has 2 N–H and O–H groups in total. The Kier molecular flexibility index (Phi) is 5.05. The fraction of sp³-hybridized carbons (Fsp3) is 0.909. The number of rotatable bonds is 4. The maximum Gasteiger partial charge on any atom is 0.236 e. The molecule has 1 saturated heterocycles. The van der Waals surface area contributed by atoms with Gasteiger partial charge in [-0.15, -0.1) is 0 Å². The number of likely N-dealkylation sites (N-methyl/N-ethyl adjacent to an activating group) is 1. The molecule has 0 radical (unpaired) electrons. The first-order valence-electron chi connectivity index (χ1n) is 5.79. The van der Waals surface area contributed by atoms with Crippen LogP contribution in [-0.4, -0.2) is 48.2 Å². The van der Waals surface area contributed by atoms with E-state index >= 15 is 0 Å². The van der Waals surface area contributed by atoms with Gasteiger partial charge in [-0.2, -0.15) is 0 Å². The lowest BCUT2D eigenvalue weighted by Gasteiger charge is -2.38. The minimum absolute atomic E-state index is 0.0693. The number of carbonyl (C=O) groups excluding carboxylic acids is 1. The number of aliphatic hydroxyl groups is 1. The molecule has 1 rings (SSSR count). The SMILES string of the molecule is CNC(=O)C(C)N1CCCCC1CCO. The van der Waals surface area contributed by atoms with Crippen molar-refractivity contribution in [3.05, 3.63) is 0 Å². The Bertz CT molecular complexity index is 207. The molecule has 0 bridgehead atoms. The number of hydrogen-bond donors (Lipinski definition) is 2. The number of piperidine rings is 1. The molecular formula is C11H22N2O2. The van der Waals surface area contributed by atoms with Gasteiger partial charge < -0.3 is 10.4 Å². The van der Waals surface area contributed by atoms with Gasteiger partial charge in [-0.1, -0.05) is 6.42 Å². The van der Waals surface area contributed by atoms with Gasteiger partial charge in [0.2, 0.25) is 5.91 Å². The van der Waals surface area contributed by atoms with Crippen molar-refractivity contribution in [2.45, 2.75) is 44.7 Å². The van der Waals surface area contributed by atoms with E-state index in [1.807, 2.05) is 6.92 Å². The van der Waals surface area contributed by atoms with Crippen LogP contribution in [0.4, 0.5) is 0 Å². The topological polar surface area (TPSA) is 52.6 Å². The Balaban J connectivity index is 2.58. The molecule has 0 saturated carbocycles. The second-order valence-corrected chi connectivity index (χ2v) is 4.19. The average Bonchev–Trinajstić information content (AvgIpc) is 2.28. The molecule has 1 aliphatic rings. The minimum Gasteiger partial charge on any atom is -0.396 e. The molecule has 0 aromatic heterocycles. The second kappa shape index (κ2) is 6.08. The van der Waals surface area contributed by atoms with E-state index in [1.54, 1.807) is 7.05 Å². The third-order valence-electron chi connectivity index (χ3n) is 3.26. The highest BCUT2D eigenvalue weighted by Crippen LogP contribution is 2.21. The van der Waals surface area contributed by atoms with Gasteiger partial charge in [0.25, 0.3) is 0 Å². The van der Waals surface area contributed by atoms with Crippen LogP contribution < -0.4 is 5.32 Å². The largest absolute Gasteiger partial charge is 0.396 e. The number of likely N-dealkylation sites (tertiary alicyclic amines) is 1. The van der Waals surface area contributed by atoms with E-state index in [1.165, 1.54) is 6.42 Å².